The molecule has 3 N–H and O–H groups in total. The highest BCUT2D eigenvalue weighted by molar-refractivity contribution is 5.91. The number of rotatable bonds is 5. The average molecular weight is 407 g/mol. The molecule has 2 amide bonds. The van der Waals surface area contributed by atoms with Crippen LogP contribution in [-0.2, 0) is 9.59 Å². The van der Waals surface area contributed by atoms with E-state index in [0.717, 1.165) is 37.2 Å². The van der Waals surface area contributed by atoms with Crippen molar-refractivity contribution in [3.05, 3.63) is 35.9 Å². The van der Waals surface area contributed by atoms with Gasteiger partial charge in [-0.3, -0.25) is 14.8 Å². The number of carbonyl (C=O) groups excluding carboxylic acids is 2. The summed E-state index contributed by atoms with van der Waals surface area (Å²) in [5.41, 5.74) is 3.41. The number of amides is 2. The third-order valence-electron chi connectivity index (χ3n) is 5.73. The number of alkyl halides is 2. The Kier molecular flexibility index (Phi) is 6.84. The number of para-hydroxylation sites is 1. The highest BCUT2D eigenvalue weighted by Gasteiger charge is 2.37. The number of nitrogens with one attached hydrogen (secondary N) is 2. The number of nitrogens with zero attached hydrogens (tertiary/aromatic N) is 1. The van der Waals surface area contributed by atoms with Gasteiger partial charge in [0.1, 0.15) is 0 Å². The molecular weight excluding hydrogens is 380 g/mol. The first-order valence-corrected chi connectivity index (χ1v) is 10.0. The summed E-state index contributed by atoms with van der Waals surface area (Å²) in [5.74, 6) is -3.63. The van der Waals surface area contributed by atoms with Crippen LogP contribution in [0, 0.1) is 5.92 Å². The van der Waals surface area contributed by atoms with E-state index in [2.05, 4.69) is 10.2 Å². The van der Waals surface area contributed by atoms with E-state index in [9.17, 15) is 18.4 Å². The van der Waals surface area contributed by atoms with Gasteiger partial charge in [0.25, 0.3) is 5.91 Å². The Hall–Kier alpha value is -2.48. The molecule has 1 aromatic rings. The second kappa shape index (κ2) is 9.35. The minimum absolute atomic E-state index is 0.0454. The zero-order valence-electron chi connectivity index (χ0n) is 16.2. The molecule has 158 valence electrons. The first-order chi connectivity index (χ1) is 13.9. The van der Waals surface area contributed by atoms with E-state index in [1.807, 2.05) is 24.3 Å². The molecular formula is C21H27F2N3O3. The first-order valence-electron chi connectivity index (χ1n) is 10.0. The van der Waals surface area contributed by atoms with Gasteiger partial charge in [-0.2, -0.15) is 0 Å². The van der Waals surface area contributed by atoms with Gasteiger partial charge >= 0.3 is 0 Å². The third-order valence-corrected chi connectivity index (χ3v) is 5.73. The van der Waals surface area contributed by atoms with Crippen molar-refractivity contribution >= 4 is 23.6 Å². The normalized spacial score (nSPS) is 20.6. The molecule has 0 unspecified atom stereocenters. The second-order valence-corrected chi connectivity index (χ2v) is 7.77. The van der Waals surface area contributed by atoms with Gasteiger partial charge < -0.3 is 10.2 Å². The summed E-state index contributed by atoms with van der Waals surface area (Å²) in [5, 5.41) is 11.7. The summed E-state index contributed by atoms with van der Waals surface area (Å²) in [7, 11) is 0. The van der Waals surface area contributed by atoms with Crippen molar-refractivity contribution in [2.45, 2.75) is 50.5 Å². The van der Waals surface area contributed by atoms with Gasteiger partial charge in [0, 0.05) is 49.7 Å². The molecule has 0 atom stereocenters. The van der Waals surface area contributed by atoms with Crippen LogP contribution in [0.4, 0.5) is 14.5 Å². The minimum Gasteiger partial charge on any atom is -0.371 e. The van der Waals surface area contributed by atoms with E-state index in [-0.39, 0.29) is 43.6 Å². The molecule has 0 spiro atoms. The van der Waals surface area contributed by atoms with Crippen molar-refractivity contribution in [2.75, 3.05) is 18.0 Å². The lowest BCUT2D eigenvalue weighted by molar-refractivity contribution is -0.130. The van der Waals surface area contributed by atoms with Crippen LogP contribution in [0.3, 0.4) is 0 Å². The largest absolute Gasteiger partial charge is 0.371 e. The number of carbonyl (C=O) groups is 2. The molecule has 1 saturated heterocycles. The molecule has 1 aliphatic heterocycles. The van der Waals surface area contributed by atoms with E-state index < -0.39 is 11.8 Å². The smallest absolute Gasteiger partial charge is 0.267 e. The zero-order valence-corrected chi connectivity index (χ0v) is 16.2. The number of benzene rings is 1. The number of hydrogen-bond acceptors (Lipinski definition) is 4. The van der Waals surface area contributed by atoms with Crippen LogP contribution in [-0.4, -0.2) is 42.1 Å². The highest BCUT2D eigenvalue weighted by Crippen LogP contribution is 2.36. The maximum Gasteiger partial charge on any atom is 0.267 e. The molecule has 0 radical (unpaired) electrons. The fraction of sp³-hybridized carbons (Fsp3) is 0.524. The Morgan fingerprint density at radius 1 is 1.10 bits per heavy atom. The van der Waals surface area contributed by atoms with Gasteiger partial charge in [0.2, 0.25) is 11.8 Å². The number of hydrogen-bond donors (Lipinski definition) is 3. The quantitative estimate of drug-likeness (QED) is 0.398. The third kappa shape index (κ3) is 5.76. The van der Waals surface area contributed by atoms with Crippen LogP contribution in [0.25, 0.3) is 6.08 Å². The van der Waals surface area contributed by atoms with Gasteiger partial charge in [-0.05, 0) is 43.4 Å². The standard InChI is InChI=1S/C21H27F2N3O3/c22-21(23)11-7-16(8-12-21)20(28)24-17-9-13-26(14-10-17)18-4-2-1-3-15(18)5-6-19(27)25-29/h1-6,16-17,29H,7-14H2,(H,24,28)(H,25,27). The van der Waals surface area contributed by atoms with Crippen molar-refractivity contribution in [3.8, 4) is 0 Å². The number of piperidine rings is 1. The molecule has 2 aliphatic rings. The molecule has 1 aliphatic carbocycles. The maximum absolute atomic E-state index is 13.3. The molecule has 29 heavy (non-hydrogen) atoms. The van der Waals surface area contributed by atoms with Gasteiger partial charge in [0.05, 0.1) is 0 Å². The Balaban J connectivity index is 1.53. The van der Waals surface area contributed by atoms with Crippen molar-refractivity contribution < 1.29 is 23.6 Å². The van der Waals surface area contributed by atoms with E-state index in [0.29, 0.717) is 0 Å². The van der Waals surface area contributed by atoms with Gasteiger partial charge in [-0.25, -0.2) is 14.3 Å². The SMILES string of the molecule is O=C(C=Cc1ccccc1N1CCC(NC(=O)C2CCC(F)(F)CC2)CC1)NO. The average Bonchev–Trinajstić information content (AvgIpc) is 2.72. The minimum atomic E-state index is -2.62. The lowest BCUT2D eigenvalue weighted by Gasteiger charge is -2.36. The lowest BCUT2D eigenvalue weighted by atomic mass is 9.86. The number of anilines is 1. The summed E-state index contributed by atoms with van der Waals surface area (Å²) in [6.07, 6.45) is 4.53. The molecule has 6 nitrogen and oxygen atoms in total. The zero-order chi connectivity index (χ0) is 20.9. The van der Waals surface area contributed by atoms with Crippen molar-refractivity contribution in [3.63, 3.8) is 0 Å². The topological polar surface area (TPSA) is 81.7 Å². The molecule has 1 saturated carbocycles. The van der Waals surface area contributed by atoms with Crippen LogP contribution in [0.15, 0.2) is 30.3 Å². The molecule has 1 aromatic carbocycles. The van der Waals surface area contributed by atoms with Gasteiger partial charge in [0.15, 0.2) is 0 Å². The van der Waals surface area contributed by atoms with E-state index in [1.54, 1.807) is 11.6 Å². The first kappa shape index (κ1) is 21.2. The van der Waals surface area contributed by atoms with Crippen molar-refractivity contribution in [1.29, 1.82) is 0 Å². The Labute approximate surface area is 168 Å². The maximum atomic E-state index is 13.3. The number of halogens is 2. The van der Waals surface area contributed by atoms with Crippen LogP contribution < -0.4 is 15.7 Å². The van der Waals surface area contributed by atoms with Gasteiger partial charge in [-0.15, -0.1) is 0 Å². The monoisotopic (exact) mass is 407 g/mol. The highest BCUT2D eigenvalue weighted by atomic mass is 19.3. The van der Waals surface area contributed by atoms with E-state index in [4.69, 9.17) is 5.21 Å². The molecule has 1 heterocycles. The van der Waals surface area contributed by atoms with Crippen molar-refractivity contribution in [2.24, 2.45) is 5.92 Å². The Morgan fingerprint density at radius 2 is 1.76 bits per heavy atom. The molecule has 8 heteroatoms. The molecule has 3 rings (SSSR count). The lowest BCUT2D eigenvalue weighted by Crippen LogP contribution is -2.47. The fourth-order valence-corrected chi connectivity index (χ4v) is 4.01. The summed E-state index contributed by atoms with van der Waals surface area (Å²) >= 11 is 0. The molecule has 2 fully saturated rings. The van der Waals surface area contributed by atoms with Crippen molar-refractivity contribution in [1.82, 2.24) is 10.8 Å². The summed E-state index contributed by atoms with van der Waals surface area (Å²) in [6.45, 7) is 1.48. The van der Waals surface area contributed by atoms with E-state index in [1.165, 1.54) is 6.08 Å². The van der Waals surface area contributed by atoms with E-state index >= 15 is 0 Å². The fourth-order valence-electron chi connectivity index (χ4n) is 4.01. The van der Waals surface area contributed by atoms with Crippen LogP contribution >= 0.6 is 0 Å². The number of hydroxylamine groups is 1. The molecule has 0 bridgehead atoms. The Bertz CT molecular complexity index is 751. The van der Waals surface area contributed by atoms with Crippen LogP contribution in [0.2, 0.25) is 0 Å². The van der Waals surface area contributed by atoms with Crippen LogP contribution in [0.1, 0.15) is 44.1 Å². The second-order valence-electron chi connectivity index (χ2n) is 7.77. The summed E-state index contributed by atoms with van der Waals surface area (Å²) < 4.78 is 26.6. The summed E-state index contributed by atoms with van der Waals surface area (Å²) in [4.78, 5) is 25.9. The summed E-state index contributed by atoms with van der Waals surface area (Å²) in [6, 6.07) is 7.71. The van der Waals surface area contributed by atoms with Crippen LogP contribution in [0.5, 0.6) is 0 Å². The predicted molar refractivity (Wildman–Crippen MR) is 106 cm³/mol. The Morgan fingerprint density at radius 3 is 2.41 bits per heavy atom. The molecule has 0 aromatic heterocycles. The predicted octanol–water partition coefficient (Wildman–Crippen LogP) is 3.12. The van der Waals surface area contributed by atoms with Gasteiger partial charge in [-0.1, -0.05) is 18.2 Å².